The molecule has 0 unspecified atom stereocenters. The number of ether oxygens (including phenoxy) is 1. The van der Waals surface area contributed by atoms with Crippen molar-refractivity contribution in [3.8, 4) is 5.75 Å². The van der Waals surface area contributed by atoms with E-state index < -0.39 is 0 Å². The lowest BCUT2D eigenvalue weighted by molar-refractivity contribution is -0.120. The minimum Gasteiger partial charge on any atom is -0.491 e. The number of amides is 1. The van der Waals surface area contributed by atoms with Gasteiger partial charge in [-0.25, -0.2) is 4.39 Å². The fourth-order valence-electron chi connectivity index (χ4n) is 3.11. The van der Waals surface area contributed by atoms with Gasteiger partial charge in [-0.15, -0.1) is 0 Å². The quantitative estimate of drug-likeness (QED) is 0.826. The van der Waals surface area contributed by atoms with Gasteiger partial charge >= 0.3 is 0 Å². The van der Waals surface area contributed by atoms with Crippen molar-refractivity contribution >= 4 is 5.91 Å². The maximum Gasteiger partial charge on any atom is 0.224 e. The zero-order valence-electron chi connectivity index (χ0n) is 13.7. The molecule has 0 saturated carbocycles. The normalized spacial score (nSPS) is 13.2. The molecule has 1 aliphatic carbocycles. The van der Waals surface area contributed by atoms with Crippen molar-refractivity contribution in [1.29, 1.82) is 0 Å². The molecule has 24 heavy (non-hydrogen) atoms. The van der Waals surface area contributed by atoms with E-state index in [9.17, 15) is 9.18 Å². The first-order chi connectivity index (χ1) is 11.7. The Morgan fingerprint density at radius 1 is 1.08 bits per heavy atom. The SMILES string of the molecule is O=C(Cc1ccccc1F)NCCOc1cccc2c1CCCC2. The van der Waals surface area contributed by atoms with Crippen LogP contribution in [0.1, 0.15) is 29.5 Å². The third kappa shape index (κ3) is 4.13. The fourth-order valence-corrected chi connectivity index (χ4v) is 3.11. The summed E-state index contributed by atoms with van der Waals surface area (Å²) in [6.45, 7) is 0.830. The van der Waals surface area contributed by atoms with Gasteiger partial charge in [0.15, 0.2) is 0 Å². The first-order valence-electron chi connectivity index (χ1n) is 8.48. The van der Waals surface area contributed by atoms with Crippen LogP contribution in [0.15, 0.2) is 42.5 Å². The van der Waals surface area contributed by atoms with Crippen LogP contribution in [0.5, 0.6) is 5.75 Å². The number of carbonyl (C=O) groups is 1. The molecule has 0 bridgehead atoms. The molecular weight excluding hydrogens is 305 g/mol. The van der Waals surface area contributed by atoms with Crippen molar-refractivity contribution < 1.29 is 13.9 Å². The molecule has 1 amide bonds. The third-order valence-electron chi connectivity index (χ3n) is 4.34. The van der Waals surface area contributed by atoms with Gasteiger partial charge in [0.1, 0.15) is 18.2 Å². The average Bonchev–Trinajstić information content (AvgIpc) is 2.61. The molecule has 1 N–H and O–H groups in total. The maximum atomic E-state index is 13.5. The molecule has 2 aromatic rings. The van der Waals surface area contributed by atoms with Crippen LogP contribution < -0.4 is 10.1 Å². The van der Waals surface area contributed by atoms with Gasteiger partial charge in [-0.2, -0.15) is 0 Å². The van der Waals surface area contributed by atoms with Gasteiger partial charge in [-0.05, 0) is 54.5 Å². The van der Waals surface area contributed by atoms with Gasteiger partial charge in [-0.3, -0.25) is 4.79 Å². The van der Waals surface area contributed by atoms with E-state index in [2.05, 4.69) is 11.4 Å². The molecule has 0 heterocycles. The van der Waals surface area contributed by atoms with Crippen molar-refractivity contribution in [3.05, 3.63) is 65.0 Å². The van der Waals surface area contributed by atoms with E-state index in [1.54, 1.807) is 18.2 Å². The van der Waals surface area contributed by atoms with Gasteiger partial charge in [0.25, 0.3) is 0 Å². The summed E-state index contributed by atoms with van der Waals surface area (Å²) in [6, 6.07) is 12.5. The van der Waals surface area contributed by atoms with Crippen molar-refractivity contribution in [1.82, 2.24) is 5.32 Å². The summed E-state index contributed by atoms with van der Waals surface area (Å²) in [6.07, 6.45) is 4.67. The zero-order chi connectivity index (χ0) is 16.8. The second-order valence-corrected chi connectivity index (χ2v) is 6.07. The number of aryl methyl sites for hydroxylation is 1. The first kappa shape index (κ1) is 16.5. The van der Waals surface area contributed by atoms with Gasteiger partial charge in [0, 0.05) is 0 Å². The molecular formula is C20H22FNO2. The molecule has 0 fully saturated rings. The van der Waals surface area contributed by atoms with Crippen LogP contribution in [0.4, 0.5) is 4.39 Å². The van der Waals surface area contributed by atoms with Crippen LogP contribution in [-0.4, -0.2) is 19.1 Å². The molecule has 2 aromatic carbocycles. The van der Waals surface area contributed by atoms with Crippen molar-refractivity contribution in [2.75, 3.05) is 13.2 Å². The van der Waals surface area contributed by atoms with E-state index in [1.165, 1.54) is 30.0 Å². The Balaban J connectivity index is 1.46. The highest BCUT2D eigenvalue weighted by molar-refractivity contribution is 5.78. The van der Waals surface area contributed by atoms with E-state index >= 15 is 0 Å². The monoisotopic (exact) mass is 327 g/mol. The van der Waals surface area contributed by atoms with E-state index in [0.717, 1.165) is 18.6 Å². The molecule has 0 saturated heterocycles. The Morgan fingerprint density at radius 2 is 1.92 bits per heavy atom. The lowest BCUT2D eigenvalue weighted by Gasteiger charge is -2.19. The highest BCUT2D eigenvalue weighted by atomic mass is 19.1. The number of halogens is 1. The minimum absolute atomic E-state index is 0.0490. The van der Waals surface area contributed by atoms with E-state index in [0.29, 0.717) is 18.7 Å². The molecule has 0 spiro atoms. The van der Waals surface area contributed by atoms with Crippen LogP contribution in [0.3, 0.4) is 0 Å². The Hall–Kier alpha value is -2.36. The highest BCUT2D eigenvalue weighted by Gasteiger charge is 2.13. The van der Waals surface area contributed by atoms with E-state index in [-0.39, 0.29) is 18.1 Å². The minimum atomic E-state index is -0.347. The van der Waals surface area contributed by atoms with Gasteiger partial charge < -0.3 is 10.1 Å². The number of rotatable bonds is 6. The number of hydrogen-bond donors (Lipinski definition) is 1. The predicted molar refractivity (Wildman–Crippen MR) is 91.7 cm³/mol. The summed E-state index contributed by atoms with van der Waals surface area (Å²) in [5.74, 6) is 0.383. The summed E-state index contributed by atoms with van der Waals surface area (Å²) in [7, 11) is 0. The van der Waals surface area contributed by atoms with Crippen LogP contribution in [0.2, 0.25) is 0 Å². The summed E-state index contributed by atoms with van der Waals surface area (Å²) in [5, 5.41) is 2.78. The van der Waals surface area contributed by atoms with Gasteiger partial charge in [0.2, 0.25) is 5.91 Å². The molecule has 3 nitrogen and oxygen atoms in total. The zero-order valence-corrected chi connectivity index (χ0v) is 13.7. The van der Waals surface area contributed by atoms with Gasteiger partial charge in [-0.1, -0.05) is 30.3 Å². The smallest absolute Gasteiger partial charge is 0.224 e. The summed E-state index contributed by atoms with van der Waals surface area (Å²) >= 11 is 0. The highest BCUT2D eigenvalue weighted by Crippen LogP contribution is 2.29. The molecule has 0 radical (unpaired) electrons. The fraction of sp³-hybridized carbons (Fsp3) is 0.350. The molecule has 0 atom stereocenters. The second-order valence-electron chi connectivity index (χ2n) is 6.07. The number of carbonyl (C=O) groups excluding carboxylic acids is 1. The molecule has 3 rings (SSSR count). The van der Waals surface area contributed by atoms with Crippen LogP contribution in [0.25, 0.3) is 0 Å². The molecule has 0 aromatic heterocycles. The van der Waals surface area contributed by atoms with Crippen LogP contribution in [-0.2, 0) is 24.1 Å². The Labute approximate surface area is 141 Å². The lowest BCUT2D eigenvalue weighted by Crippen LogP contribution is -2.29. The largest absolute Gasteiger partial charge is 0.491 e. The standard InChI is InChI=1S/C20H22FNO2/c21-18-10-4-2-7-16(18)14-20(23)22-12-13-24-19-11-5-8-15-6-1-3-9-17(15)19/h2,4-5,7-8,10-11H,1,3,6,9,12-14H2,(H,22,23). The van der Waals surface area contributed by atoms with Crippen LogP contribution >= 0.6 is 0 Å². The first-order valence-corrected chi connectivity index (χ1v) is 8.48. The van der Waals surface area contributed by atoms with E-state index in [1.807, 2.05) is 12.1 Å². The number of hydrogen-bond acceptors (Lipinski definition) is 2. The second kappa shape index (κ2) is 7.95. The number of fused-ring (bicyclic) bond motifs is 1. The van der Waals surface area contributed by atoms with E-state index in [4.69, 9.17) is 4.74 Å². The molecule has 1 aliphatic rings. The Kier molecular flexibility index (Phi) is 5.47. The average molecular weight is 327 g/mol. The molecule has 0 aliphatic heterocycles. The maximum absolute atomic E-state index is 13.5. The number of benzene rings is 2. The third-order valence-corrected chi connectivity index (χ3v) is 4.34. The lowest BCUT2D eigenvalue weighted by atomic mass is 9.91. The summed E-state index contributed by atoms with van der Waals surface area (Å²) in [5.41, 5.74) is 3.09. The molecule has 4 heteroatoms. The van der Waals surface area contributed by atoms with Crippen molar-refractivity contribution in [2.24, 2.45) is 0 Å². The topological polar surface area (TPSA) is 38.3 Å². The molecule has 126 valence electrons. The number of nitrogens with one attached hydrogen (secondary N) is 1. The summed E-state index contributed by atoms with van der Waals surface area (Å²) in [4.78, 5) is 11.9. The predicted octanol–water partition coefficient (Wildman–Crippen LogP) is 3.44. The van der Waals surface area contributed by atoms with Crippen LogP contribution in [0, 0.1) is 5.82 Å². The van der Waals surface area contributed by atoms with Crippen molar-refractivity contribution in [2.45, 2.75) is 32.1 Å². The van der Waals surface area contributed by atoms with Crippen molar-refractivity contribution in [3.63, 3.8) is 0 Å². The summed E-state index contributed by atoms with van der Waals surface area (Å²) < 4.78 is 19.4. The Bertz CT molecular complexity index is 715. The van der Waals surface area contributed by atoms with Gasteiger partial charge in [0.05, 0.1) is 13.0 Å². The Morgan fingerprint density at radius 3 is 2.79 bits per heavy atom.